The third-order valence-electron chi connectivity index (χ3n) is 4.07. The molecule has 1 aliphatic carbocycles. The zero-order valence-corrected chi connectivity index (χ0v) is 14.3. The Balaban J connectivity index is 1.82. The first-order valence-electron chi connectivity index (χ1n) is 7.92. The summed E-state index contributed by atoms with van der Waals surface area (Å²) in [6.45, 7) is 0. The number of carbonyl (C=O) groups excluding carboxylic acids is 1. The molecular formula is C18H20N2O3S. The summed E-state index contributed by atoms with van der Waals surface area (Å²) >= 11 is 0. The van der Waals surface area contributed by atoms with Crippen molar-refractivity contribution in [2.75, 3.05) is 16.3 Å². The molecule has 1 aliphatic rings. The molecule has 0 aromatic heterocycles. The predicted molar refractivity (Wildman–Crippen MR) is 95.9 cm³/mol. The number of carbonyl (C=O) groups is 1. The van der Waals surface area contributed by atoms with Crippen LogP contribution in [0.25, 0.3) is 0 Å². The highest BCUT2D eigenvalue weighted by Gasteiger charge is 2.15. The van der Waals surface area contributed by atoms with Crippen LogP contribution in [0.3, 0.4) is 0 Å². The normalized spacial score (nSPS) is 13.9. The van der Waals surface area contributed by atoms with Gasteiger partial charge in [0.15, 0.2) is 0 Å². The van der Waals surface area contributed by atoms with Gasteiger partial charge < -0.3 is 5.32 Å². The number of fused-ring (bicyclic) bond motifs is 1. The molecule has 0 radical (unpaired) electrons. The number of aryl methyl sites for hydroxylation is 1. The van der Waals surface area contributed by atoms with Crippen molar-refractivity contribution < 1.29 is 13.2 Å². The highest BCUT2D eigenvalue weighted by Crippen LogP contribution is 2.28. The second kappa shape index (κ2) is 6.65. The first kappa shape index (κ1) is 16.5. The standard InChI is InChI=1S/C18H20N2O3S/c1-24(22,23)20-15-9-4-8-14(12-15)18(21)19-17-11-5-7-13-6-2-3-10-16(13)17/h4-5,7-9,11-12,20H,2-3,6,10H2,1H3,(H,19,21). The van der Waals surface area contributed by atoms with Crippen LogP contribution in [0.1, 0.15) is 34.3 Å². The molecular weight excluding hydrogens is 324 g/mol. The molecule has 126 valence electrons. The minimum Gasteiger partial charge on any atom is -0.322 e. The van der Waals surface area contributed by atoms with Gasteiger partial charge in [-0.25, -0.2) is 8.42 Å². The van der Waals surface area contributed by atoms with E-state index in [-0.39, 0.29) is 5.91 Å². The fourth-order valence-corrected chi connectivity index (χ4v) is 3.59. The lowest BCUT2D eigenvalue weighted by molar-refractivity contribution is 0.102. The molecule has 0 atom stereocenters. The van der Waals surface area contributed by atoms with Gasteiger partial charge in [0.2, 0.25) is 10.0 Å². The Labute approximate surface area is 142 Å². The van der Waals surface area contributed by atoms with E-state index in [9.17, 15) is 13.2 Å². The summed E-state index contributed by atoms with van der Waals surface area (Å²) in [7, 11) is -3.37. The van der Waals surface area contributed by atoms with Crippen molar-refractivity contribution in [2.45, 2.75) is 25.7 Å². The van der Waals surface area contributed by atoms with Crippen molar-refractivity contribution >= 4 is 27.3 Å². The Bertz CT molecular complexity index is 876. The summed E-state index contributed by atoms with van der Waals surface area (Å²) in [5.41, 5.74) is 4.14. The lowest BCUT2D eigenvalue weighted by Crippen LogP contribution is -2.16. The average molecular weight is 344 g/mol. The first-order valence-corrected chi connectivity index (χ1v) is 9.81. The minimum absolute atomic E-state index is 0.244. The lowest BCUT2D eigenvalue weighted by atomic mass is 9.90. The van der Waals surface area contributed by atoms with Gasteiger partial charge in [0.1, 0.15) is 0 Å². The zero-order valence-electron chi connectivity index (χ0n) is 13.5. The molecule has 1 amide bonds. The van der Waals surface area contributed by atoms with E-state index in [1.165, 1.54) is 23.6 Å². The Kier molecular flexibility index (Phi) is 4.57. The molecule has 0 aliphatic heterocycles. The summed E-state index contributed by atoms with van der Waals surface area (Å²) in [6, 6.07) is 12.5. The van der Waals surface area contributed by atoms with E-state index in [1.807, 2.05) is 12.1 Å². The topological polar surface area (TPSA) is 75.3 Å². The highest BCUT2D eigenvalue weighted by molar-refractivity contribution is 7.92. The molecule has 2 aromatic rings. The molecule has 0 saturated carbocycles. The fraction of sp³-hybridized carbons (Fsp3) is 0.278. The maximum absolute atomic E-state index is 12.5. The van der Waals surface area contributed by atoms with Crippen molar-refractivity contribution in [3.63, 3.8) is 0 Å². The van der Waals surface area contributed by atoms with Crippen LogP contribution in [0.2, 0.25) is 0 Å². The molecule has 3 rings (SSSR count). The molecule has 2 N–H and O–H groups in total. The van der Waals surface area contributed by atoms with E-state index in [4.69, 9.17) is 0 Å². The SMILES string of the molecule is CS(=O)(=O)Nc1cccc(C(=O)Nc2cccc3c2CCCC3)c1. The van der Waals surface area contributed by atoms with Gasteiger partial charge in [0.05, 0.1) is 6.26 Å². The molecule has 0 bridgehead atoms. The van der Waals surface area contributed by atoms with Crippen LogP contribution in [0.4, 0.5) is 11.4 Å². The van der Waals surface area contributed by atoms with Crippen LogP contribution in [0, 0.1) is 0 Å². The Hall–Kier alpha value is -2.34. The van der Waals surface area contributed by atoms with Crippen LogP contribution in [-0.2, 0) is 22.9 Å². The molecule has 0 unspecified atom stereocenters. The molecule has 6 heteroatoms. The summed E-state index contributed by atoms with van der Waals surface area (Å²) in [5, 5.41) is 2.96. The fourth-order valence-electron chi connectivity index (χ4n) is 3.03. The third kappa shape index (κ3) is 3.94. The van der Waals surface area contributed by atoms with Crippen molar-refractivity contribution in [3.8, 4) is 0 Å². The van der Waals surface area contributed by atoms with Gasteiger partial charge in [-0.05, 0) is 61.1 Å². The lowest BCUT2D eigenvalue weighted by Gasteiger charge is -2.19. The van der Waals surface area contributed by atoms with Crippen molar-refractivity contribution in [2.24, 2.45) is 0 Å². The number of amides is 1. The van der Waals surface area contributed by atoms with Crippen LogP contribution >= 0.6 is 0 Å². The van der Waals surface area contributed by atoms with Crippen LogP contribution in [-0.4, -0.2) is 20.6 Å². The van der Waals surface area contributed by atoms with Gasteiger partial charge in [-0.1, -0.05) is 18.2 Å². The van der Waals surface area contributed by atoms with Crippen LogP contribution in [0.5, 0.6) is 0 Å². The molecule has 0 saturated heterocycles. The van der Waals surface area contributed by atoms with E-state index in [0.717, 1.165) is 31.2 Å². The summed E-state index contributed by atoms with van der Waals surface area (Å²) in [5.74, 6) is -0.244. The monoisotopic (exact) mass is 344 g/mol. The smallest absolute Gasteiger partial charge is 0.255 e. The van der Waals surface area contributed by atoms with Gasteiger partial charge in [-0.2, -0.15) is 0 Å². The maximum Gasteiger partial charge on any atom is 0.255 e. The van der Waals surface area contributed by atoms with Crippen molar-refractivity contribution in [3.05, 3.63) is 59.2 Å². The summed E-state index contributed by atoms with van der Waals surface area (Å²) in [4.78, 5) is 12.5. The number of hydrogen-bond acceptors (Lipinski definition) is 3. The number of anilines is 2. The van der Waals surface area contributed by atoms with E-state index < -0.39 is 10.0 Å². The van der Waals surface area contributed by atoms with Gasteiger partial charge >= 0.3 is 0 Å². The van der Waals surface area contributed by atoms with Crippen LogP contribution < -0.4 is 10.0 Å². The predicted octanol–water partition coefficient (Wildman–Crippen LogP) is 3.19. The van der Waals surface area contributed by atoms with Crippen molar-refractivity contribution in [1.82, 2.24) is 0 Å². The van der Waals surface area contributed by atoms with E-state index >= 15 is 0 Å². The summed E-state index contributed by atoms with van der Waals surface area (Å²) in [6.07, 6.45) is 5.42. The third-order valence-corrected chi connectivity index (χ3v) is 4.68. The molecule has 24 heavy (non-hydrogen) atoms. The first-order chi connectivity index (χ1) is 11.4. The Morgan fingerprint density at radius 2 is 1.79 bits per heavy atom. The highest BCUT2D eigenvalue weighted by atomic mass is 32.2. The maximum atomic E-state index is 12.5. The second-order valence-corrected chi connectivity index (χ2v) is 7.81. The second-order valence-electron chi connectivity index (χ2n) is 6.06. The van der Waals surface area contributed by atoms with E-state index in [0.29, 0.717) is 11.3 Å². The molecule has 2 aromatic carbocycles. The van der Waals surface area contributed by atoms with E-state index in [2.05, 4.69) is 16.1 Å². The number of rotatable bonds is 4. The van der Waals surface area contributed by atoms with Gasteiger partial charge in [0, 0.05) is 16.9 Å². The number of nitrogens with one attached hydrogen (secondary N) is 2. The van der Waals surface area contributed by atoms with Crippen LogP contribution in [0.15, 0.2) is 42.5 Å². The molecule has 5 nitrogen and oxygen atoms in total. The number of benzene rings is 2. The number of hydrogen-bond donors (Lipinski definition) is 2. The molecule has 0 fully saturated rings. The molecule has 0 spiro atoms. The average Bonchev–Trinajstić information content (AvgIpc) is 2.54. The Morgan fingerprint density at radius 3 is 2.58 bits per heavy atom. The molecule has 0 heterocycles. The minimum atomic E-state index is -3.37. The number of sulfonamides is 1. The van der Waals surface area contributed by atoms with Gasteiger partial charge in [0.25, 0.3) is 5.91 Å². The van der Waals surface area contributed by atoms with E-state index in [1.54, 1.807) is 18.2 Å². The van der Waals surface area contributed by atoms with Gasteiger partial charge in [-0.15, -0.1) is 0 Å². The van der Waals surface area contributed by atoms with Crippen molar-refractivity contribution in [1.29, 1.82) is 0 Å². The summed E-state index contributed by atoms with van der Waals surface area (Å²) < 4.78 is 25.0. The largest absolute Gasteiger partial charge is 0.322 e. The zero-order chi connectivity index (χ0) is 17.2. The quantitative estimate of drug-likeness (QED) is 0.894. The Morgan fingerprint density at radius 1 is 1.04 bits per heavy atom. The van der Waals surface area contributed by atoms with Gasteiger partial charge in [-0.3, -0.25) is 9.52 Å².